The van der Waals surface area contributed by atoms with Crippen molar-refractivity contribution in [2.45, 2.75) is 44.7 Å². The molecule has 0 saturated heterocycles. The average molecular weight is 341 g/mol. The molecule has 6 nitrogen and oxygen atoms in total. The van der Waals surface area contributed by atoms with E-state index in [4.69, 9.17) is 9.47 Å². The Kier molecular flexibility index (Phi) is 5.44. The minimum atomic E-state index is -0.358. The normalized spacial score (nSPS) is 17.0. The average Bonchev–Trinajstić information content (AvgIpc) is 3.12. The molecular formula is C19H23N3O3. The Hall–Kier alpha value is -2.68. The Morgan fingerprint density at radius 1 is 1.32 bits per heavy atom. The van der Waals surface area contributed by atoms with Gasteiger partial charge in [-0.15, -0.1) is 0 Å². The number of hydrogen-bond acceptors (Lipinski definition) is 5. The van der Waals surface area contributed by atoms with E-state index < -0.39 is 0 Å². The molecule has 1 aliphatic heterocycles. The molecule has 0 radical (unpaired) electrons. The van der Waals surface area contributed by atoms with Gasteiger partial charge in [0, 0.05) is 25.8 Å². The zero-order chi connectivity index (χ0) is 17.6. The summed E-state index contributed by atoms with van der Waals surface area (Å²) in [5.41, 5.74) is 1.03. The summed E-state index contributed by atoms with van der Waals surface area (Å²) in [7, 11) is 1.94. The standard InChI is InChI=1S/C19H23N3O3/c1-22(16-5-3-2-4-6-16)12-15(10-20)19(23)21-11-14-7-8-17-18(9-14)25-13-24-17/h7-9,12,16H,2-6,11,13H2,1H3,(H,21,23)/b15-12-. The van der Waals surface area contributed by atoms with Crippen molar-refractivity contribution in [3.8, 4) is 17.6 Å². The van der Waals surface area contributed by atoms with Crippen LogP contribution >= 0.6 is 0 Å². The molecule has 1 aliphatic carbocycles. The van der Waals surface area contributed by atoms with Crippen molar-refractivity contribution in [1.82, 2.24) is 10.2 Å². The maximum absolute atomic E-state index is 12.3. The van der Waals surface area contributed by atoms with Gasteiger partial charge in [-0.05, 0) is 30.5 Å². The number of nitriles is 1. The smallest absolute Gasteiger partial charge is 0.263 e. The van der Waals surface area contributed by atoms with E-state index in [0.29, 0.717) is 24.1 Å². The van der Waals surface area contributed by atoms with Crippen LogP contribution < -0.4 is 14.8 Å². The second-order valence-electron chi connectivity index (χ2n) is 6.48. The largest absolute Gasteiger partial charge is 0.454 e. The summed E-state index contributed by atoms with van der Waals surface area (Å²) in [6, 6.07) is 7.96. The number of amides is 1. The van der Waals surface area contributed by atoms with Crippen molar-refractivity contribution < 1.29 is 14.3 Å². The summed E-state index contributed by atoms with van der Waals surface area (Å²) in [6.07, 6.45) is 7.59. The van der Waals surface area contributed by atoms with Crippen molar-refractivity contribution >= 4 is 5.91 Å². The topological polar surface area (TPSA) is 74.6 Å². The van der Waals surface area contributed by atoms with Crippen LogP contribution in [0.2, 0.25) is 0 Å². The molecule has 2 aliphatic rings. The fourth-order valence-electron chi connectivity index (χ4n) is 3.26. The summed E-state index contributed by atoms with van der Waals surface area (Å²) in [5, 5.41) is 12.1. The van der Waals surface area contributed by atoms with Crippen LogP contribution in [-0.2, 0) is 11.3 Å². The number of carbonyl (C=O) groups is 1. The molecule has 0 spiro atoms. The Labute approximate surface area is 148 Å². The fourth-order valence-corrected chi connectivity index (χ4v) is 3.26. The predicted molar refractivity (Wildman–Crippen MR) is 92.7 cm³/mol. The van der Waals surface area contributed by atoms with Crippen molar-refractivity contribution in [3.63, 3.8) is 0 Å². The van der Waals surface area contributed by atoms with Crippen LogP contribution in [0, 0.1) is 11.3 Å². The van der Waals surface area contributed by atoms with E-state index in [2.05, 4.69) is 5.32 Å². The van der Waals surface area contributed by atoms with E-state index >= 15 is 0 Å². The van der Waals surface area contributed by atoms with Gasteiger partial charge in [-0.1, -0.05) is 25.3 Å². The van der Waals surface area contributed by atoms with Gasteiger partial charge in [0.2, 0.25) is 6.79 Å². The van der Waals surface area contributed by atoms with Gasteiger partial charge in [0.15, 0.2) is 11.5 Å². The molecule has 25 heavy (non-hydrogen) atoms. The number of rotatable bonds is 5. The molecule has 0 bridgehead atoms. The fraction of sp³-hybridized carbons (Fsp3) is 0.474. The number of fused-ring (bicyclic) bond motifs is 1. The van der Waals surface area contributed by atoms with E-state index in [1.54, 1.807) is 6.20 Å². The van der Waals surface area contributed by atoms with Crippen LogP contribution in [0.4, 0.5) is 0 Å². The Bertz CT molecular complexity index is 702. The van der Waals surface area contributed by atoms with Crippen LogP contribution in [0.1, 0.15) is 37.7 Å². The first kappa shape index (κ1) is 17.2. The second-order valence-corrected chi connectivity index (χ2v) is 6.48. The van der Waals surface area contributed by atoms with Crippen LogP contribution in [-0.4, -0.2) is 30.7 Å². The minimum Gasteiger partial charge on any atom is -0.454 e. The van der Waals surface area contributed by atoms with Crippen LogP contribution in [0.25, 0.3) is 0 Å². The van der Waals surface area contributed by atoms with Gasteiger partial charge in [0.1, 0.15) is 11.6 Å². The van der Waals surface area contributed by atoms with Gasteiger partial charge >= 0.3 is 0 Å². The summed E-state index contributed by atoms with van der Waals surface area (Å²) in [4.78, 5) is 14.3. The van der Waals surface area contributed by atoms with Gasteiger partial charge in [-0.3, -0.25) is 4.79 Å². The molecule has 1 N–H and O–H groups in total. The van der Waals surface area contributed by atoms with E-state index in [1.807, 2.05) is 36.2 Å². The third-order valence-electron chi connectivity index (χ3n) is 4.74. The first-order valence-corrected chi connectivity index (χ1v) is 8.68. The quantitative estimate of drug-likeness (QED) is 0.658. The van der Waals surface area contributed by atoms with E-state index in [-0.39, 0.29) is 18.3 Å². The number of ether oxygens (including phenoxy) is 2. The molecule has 0 atom stereocenters. The lowest BCUT2D eigenvalue weighted by molar-refractivity contribution is -0.117. The molecule has 0 unspecified atom stereocenters. The van der Waals surface area contributed by atoms with Crippen molar-refractivity contribution in [2.24, 2.45) is 0 Å². The zero-order valence-corrected chi connectivity index (χ0v) is 14.5. The lowest BCUT2D eigenvalue weighted by atomic mass is 9.94. The molecule has 1 fully saturated rings. The maximum atomic E-state index is 12.3. The third-order valence-corrected chi connectivity index (χ3v) is 4.74. The van der Waals surface area contributed by atoms with Crippen LogP contribution in [0.3, 0.4) is 0 Å². The Morgan fingerprint density at radius 3 is 2.84 bits per heavy atom. The molecule has 3 rings (SSSR count). The molecule has 1 saturated carbocycles. The lowest BCUT2D eigenvalue weighted by Crippen LogP contribution is -2.31. The van der Waals surface area contributed by atoms with Gasteiger partial charge < -0.3 is 19.7 Å². The minimum absolute atomic E-state index is 0.133. The van der Waals surface area contributed by atoms with Gasteiger partial charge in [0.25, 0.3) is 5.91 Å². The number of nitrogens with zero attached hydrogens (tertiary/aromatic N) is 2. The third kappa shape index (κ3) is 4.24. The first-order valence-electron chi connectivity index (χ1n) is 8.68. The number of nitrogens with one attached hydrogen (secondary N) is 1. The van der Waals surface area contributed by atoms with Crippen molar-refractivity contribution in [2.75, 3.05) is 13.8 Å². The molecule has 132 valence electrons. The van der Waals surface area contributed by atoms with Crippen molar-refractivity contribution in [1.29, 1.82) is 5.26 Å². The second kappa shape index (κ2) is 7.93. The summed E-state index contributed by atoms with van der Waals surface area (Å²) in [5.74, 6) is 1.03. The number of benzene rings is 1. The first-order chi connectivity index (χ1) is 12.2. The van der Waals surface area contributed by atoms with Gasteiger partial charge in [-0.25, -0.2) is 0 Å². The highest BCUT2D eigenvalue weighted by atomic mass is 16.7. The van der Waals surface area contributed by atoms with Crippen LogP contribution in [0.15, 0.2) is 30.0 Å². The molecule has 1 heterocycles. The van der Waals surface area contributed by atoms with Crippen molar-refractivity contribution in [3.05, 3.63) is 35.5 Å². The molecular weight excluding hydrogens is 318 g/mol. The van der Waals surface area contributed by atoms with E-state index in [9.17, 15) is 10.1 Å². The maximum Gasteiger partial charge on any atom is 0.263 e. The highest BCUT2D eigenvalue weighted by molar-refractivity contribution is 5.97. The summed E-state index contributed by atoms with van der Waals surface area (Å²) >= 11 is 0. The molecule has 1 aromatic carbocycles. The van der Waals surface area contributed by atoms with Gasteiger partial charge in [0.05, 0.1) is 0 Å². The highest BCUT2D eigenvalue weighted by Crippen LogP contribution is 2.32. The van der Waals surface area contributed by atoms with Gasteiger partial charge in [-0.2, -0.15) is 5.26 Å². The molecule has 0 aromatic heterocycles. The molecule has 1 amide bonds. The summed E-state index contributed by atoms with van der Waals surface area (Å²) < 4.78 is 10.6. The molecule has 1 aromatic rings. The Balaban J connectivity index is 1.58. The monoisotopic (exact) mass is 341 g/mol. The zero-order valence-electron chi connectivity index (χ0n) is 14.5. The summed E-state index contributed by atoms with van der Waals surface area (Å²) in [6.45, 7) is 0.557. The SMILES string of the molecule is CN(/C=C(/C#N)C(=O)NCc1ccc2c(c1)OCO2)C1CCCCC1. The van der Waals surface area contributed by atoms with Crippen LogP contribution in [0.5, 0.6) is 11.5 Å². The Morgan fingerprint density at radius 2 is 2.08 bits per heavy atom. The molecule has 6 heteroatoms. The van der Waals surface area contributed by atoms with E-state index in [0.717, 1.165) is 18.4 Å². The van der Waals surface area contributed by atoms with E-state index in [1.165, 1.54) is 19.3 Å². The number of carbonyl (C=O) groups excluding carboxylic acids is 1. The predicted octanol–water partition coefficient (Wildman–Crippen LogP) is 2.70. The highest BCUT2D eigenvalue weighted by Gasteiger charge is 2.18. The number of hydrogen-bond donors (Lipinski definition) is 1. The lowest BCUT2D eigenvalue weighted by Gasteiger charge is -2.30.